The van der Waals surface area contributed by atoms with Crippen molar-refractivity contribution in [1.29, 1.82) is 0 Å². The average molecular weight is 435 g/mol. The van der Waals surface area contributed by atoms with Gasteiger partial charge < -0.3 is 9.32 Å². The van der Waals surface area contributed by atoms with Gasteiger partial charge in [0.1, 0.15) is 5.76 Å². The van der Waals surface area contributed by atoms with Gasteiger partial charge in [-0.15, -0.1) is 23.5 Å². The van der Waals surface area contributed by atoms with Crippen LogP contribution in [-0.4, -0.2) is 40.9 Å². The molecule has 1 amide bonds. The Bertz CT molecular complexity index is 744. The van der Waals surface area contributed by atoms with Crippen molar-refractivity contribution in [1.82, 2.24) is 9.88 Å². The Morgan fingerprint density at radius 3 is 2.48 bits per heavy atom. The van der Waals surface area contributed by atoms with Gasteiger partial charge in [-0.05, 0) is 50.8 Å². The zero-order chi connectivity index (χ0) is 21.1. The molecule has 29 heavy (non-hydrogen) atoms. The van der Waals surface area contributed by atoms with Crippen molar-refractivity contribution in [2.45, 2.75) is 63.5 Å². The molecule has 1 aromatic carbocycles. The Hall–Kier alpha value is -1.40. The summed E-state index contributed by atoms with van der Waals surface area (Å²) < 4.78 is 5.86. The van der Waals surface area contributed by atoms with Gasteiger partial charge in [-0.1, -0.05) is 32.6 Å². The van der Waals surface area contributed by atoms with Crippen LogP contribution in [0.25, 0.3) is 11.5 Å². The molecule has 4 nitrogen and oxygen atoms in total. The van der Waals surface area contributed by atoms with E-state index in [2.05, 4.69) is 37.2 Å². The Morgan fingerprint density at radius 2 is 1.83 bits per heavy atom. The van der Waals surface area contributed by atoms with Crippen LogP contribution in [0.4, 0.5) is 0 Å². The molecule has 6 heteroatoms. The van der Waals surface area contributed by atoms with E-state index in [0.717, 1.165) is 36.5 Å². The van der Waals surface area contributed by atoms with Gasteiger partial charge in [-0.2, -0.15) is 0 Å². The Kier molecular flexibility index (Phi) is 10.7. The van der Waals surface area contributed by atoms with Crippen LogP contribution in [0, 0.1) is 6.92 Å². The summed E-state index contributed by atoms with van der Waals surface area (Å²) in [5, 5.41) is 0. The molecule has 160 valence electrons. The van der Waals surface area contributed by atoms with E-state index < -0.39 is 0 Å². The first kappa shape index (κ1) is 23.9. The fourth-order valence-electron chi connectivity index (χ4n) is 3.11. The van der Waals surface area contributed by atoms with Gasteiger partial charge in [0.2, 0.25) is 11.8 Å². The van der Waals surface area contributed by atoms with Crippen LogP contribution < -0.4 is 0 Å². The van der Waals surface area contributed by atoms with Gasteiger partial charge in [0.15, 0.2) is 0 Å². The normalized spacial score (nSPS) is 11.0. The molecule has 0 aliphatic rings. The largest absolute Gasteiger partial charge is 0.441 e. The Balaban J connectivity index is 1.81. The first-order chi connectivity index (χ1) is 14.1. The highest BCUT2D eigenvalue weighted by Gasteiger charge is 2.14. The van der Waals surface area contributed by atoms with Crippen LogP contribution in [0.15, 0.2) is 33.6 Å². The summed E-state index contributed by atoms with van der Waals surface area (Å²) in [7, 11) is 0. The number of thioether (sulfide) groups is 2. The first-order valence-electron chi connectivity index (χ1n) is 10.5. The second-order valence-corrected chi connectivity index (χ2v) is 9.00. The lowest BCUT2D eigenvalue weighted by atomic mass is 10.1. The van der Waals surface area contributed by atoms with E-state index in [9.17, 15) is 4.79 Å². The summed E-state index contributed by atoms with van der Waals surface area (Å²) in [5.74, 6) is 2.89. The number of benzene rings is 1. The first-order valence-corrected chi connectivity index (χ1v) is 12.9. The number of carbonyl (C=O) groups is 1. The molecule has 0 saturated heterocycles. The molecule has 1 aromatic heterocycles. The van der Waals surface area contributed by atoms with E-state index in [0.29, 0.717) is 17.4 Å². The van der Waals surface area contributed by atoms with E-state index in [1.165, 1.54) is 30.6 Å². The van der Waals surface area contributed by atoms with Crippen molar-refractivity contribution in [2.24, 2.45) is 0 Å². The molecule has 2 rings (SSSR count). The monoisotopic (exact) mass is 434 g/mol. The van der Waals surface area contributed by atoms with Gasteiger partial charge in [0.25, 0.3) is 0 Å². The lowest BCUT2D eigenvalue weighted by Gasteiger charge is -2.20. The second kappa shape index (κ2) is 13.0. The van der Waals surface area contributed by atoms with Gasteiger partial charge in [-0.25, -0.2) is 4.98 Å². The predicted molar refractivity (Wildman–Crippen MR) is 126 cm³/mol. The third-order valence-corrected chi connectivity index (χ3v) is 6.63. The maximum absolute atomic E-state index is 12.5. The van der Waals surface area contributed by atoms with Crippen molar-refractivity contribution in [3.05, 3.63) is 35.7 Å². The van der Waals surface area contributed by atoms with E-state index in [-0.39, 0.29) is 5.91 Å². The number of hydrogen-bond acceptors (Lipinski definition) is 5. The quantitative estimate of drug-likeness (QED) is 0.269. The number of aryl methyl sites for hydroxylation is 1. The molecule has 0 N–H and O–H groups in total. The standard InChI is InChI=1S/C23H34N2O2S2/c1-5-7-8-9-10-15-25(6-2)22(26)17-29-16-21-18(3)27-23(24-21)19-11-13-20(28-4)14-12-19/h11-14H,5-10,15-17H2,1-4H3. The number of amides is 1. The highest BCUT2D eigenvalue weighted by atomic mass is 32.2. The fourth-order valence-corrected chi connectivity index (χ4v) is 4.44. The summed E-state index contributed by atoms with van der Waals surface area (Å²) in [6, 6.07) is 8.23. The van der Waals surface area contributed by atoms with E-state index >= 15 is 0 Å². The topological polar surface area (TPSA) is 46.3 Å². The van der Waals surface area contributed by atoms with Crippen LogP contribution in [-0.2, 0) is 10.5 Å². The molecule has 1 heterocycles. The van der Waals surface area contributed by atoms with Crippen LogP contribution >= 0.6 is 23.5 Å². The molecule has 0 unspecified atom stereocenters. The Morgan fingerprint density at radius 1 is 1.10 bits per heavy atom. The summed E-state index contributed by atoms with van der Waals surface area (Å²) in [6.07, 6.45) is 8.18. The molecule has 0 spiro atoms. The molecule has 0 aliphatic carbocycles. The van der Waals surface area contributed by atoms with Crippen molar-refractivity contribution < 1.29 is 9.21 Å². The van der Waals surface area contributed by atoms with Gasteiger partial charge in [0.05, 0.1) is 11.4 Å². The maximum atomic E-state index is 12.5. The highest BCUT2D eigenvalue weighted by Crippen LogP contribution is 2.26. The molecule has 0 atom stereocenters. The number of carbonyl (C=O) groups excluding carboxylic acids is 1. The number of hydrogen-bond donors (Lipinski definition) is 0. The lowest BCUT2D eigenvalue weighted by Crippen LogP contribution is -2.33. The molecule has 0 fully saturated rings. The predicted octanol–water partition coefficient (Wildman–Crippen LogP) is 6.42. The lowest BCUT2D eigenvalue weighted by molar-refractivity contribution is -0.128. The minimum Gasteiger partial charge on any atom is -0.441 e. The minimum atomic E-state index is 0.224. The van der Waals surface area contributed by atoms with Crippen molar-refractivity contribution >= 4 is 29.4 Å². The van der Waals surface area contributed by atoms with Gasteiger partial charge in [0, 0.05) is 29.3 Å². The molecule has 0 saturated carbocycles. The molecule has 0 bridgehead atoms. The smallest absolute Gasteiger partial charge is 0.232 e. The van der Waals surface area contributed by atoms with Gasteiger partial charge in [-0.3, -0.25) is 4.79 Å². The number of nitrogens with zero attached hydrogens (tertiary/aromatic N) is 2. The molecular formula is C23H34N2O2S2. The van der Waals surface area contributed by atoms with E-state index in [4.69, 9.17) is 4.42 Å². The number of aromatic nitrogens is 1. The Labute approximate surface area is 184 Å². The average Bonchev–Trinajstić information content (AvgIpc) is 3.11. The van der Waals surface area contributed by atoms with Crippen molar-refractivity contribution in [3.8, 4) is 11.5 Å². The molecule has 0 radical (unpaired) electrons. The highest BCUT2D eigenvalue weighted by molar-refractivity contribution is 7.99. The minimum absolute atomic E-state index is 0.224. The number of rotatable bonds is 13. The fraction of sp³-hybridized carbons (Fsp3) is 0.565. The van der Waals surface area contributed by atoms with Crippen molar-refractivity contribution in [3.63, 3.8) is 0 Å². The molecule has 2 aromatic rings. The molecule has 0 aliphatic heterocycles. The zero-order valence-electron chi connectivity index (χ0n) is 18.2. The molecular weight excluding hydrogens is 400 g/mol. The van der Waals surface area contributed by atoms with Crippen LogP contribution in [0.1, 0.15) is 57.4 Å². The van der Waals surface area contributed by atoms with Crippen LogP contribution in [0.2, 0.25) is 0 Å². The summed E-state index contributed by atoms with van der Waals surface area (Å²) in [5.41, 5.74) is 1.91. The van der Waals surface area contributed by atoms with Gasteiger partial charge >= 0.3 is 0 Å². The van der Waals surface area contributed by atoms with E-state index in [1.54, 1.807) is 23.5 Å². The number of unbranched alkanes of at least 4 members (excludes halogenated alkanes) is 4. The summed E-state index contributed by atoms with van der Waals surface area (Å²) >= 11 is 3.33. The number of oxazole rings is 1. The third-order valence-electron chi connectivity index (χ3n) is 4.96. The van der Waals surface area contributed by atoms with Crippen molar-refractivity contribution in [2.75, 3.05) is 25.1 Å². The van der Waals surface area contributed by atoms with Crippen LogP contribution in [0.3, 0.4) is 0 Å². The van der Waals surface area contributed by atoms with E-state index in [1.807, 2.05) is 24.0 Å². The summed E-state index contributed by atoms with van der Waals surface area (Å²) in [4.78, 5) is 20.4. The third kappa shape index (κ3) is 7.74. The van der Waals surface area contributed by atoms with Crippen LogP contribution in [0.5, 0.6) is 0 Å². The zero-order valence-corrected chi connectivity index (χ0v) is 19.8. The SMILES string of the molecule is CCCCCCCN(CC)C(=O)CSCc1nc(-c2ccc(SC)cc2)oc1C. The summed E-state index contributed by atoms with van der Waals surface area (Å²) in [6.45, 7) is 7.88. The maximum Gasteiger partial charge on any atom is 0.232 e. The second-order valence-electron chi connectivity index (χ2n) is 7.13.